The molecule has 80 valence electrons. The number of primary sulfonamides is 1. The summed E-state index contributed by atoms with van der Waals surface area (Å²) in [6.07, 6.45) is 3.14. The van der Waals surface area contributed by atoms with Crippen LogP contribution in [0.5, 0.6) is 0 Å². The SMILES string of the molecule is CCCn1cc(S(N)(=O)=O)nc1CC. The molecule has 1 aromatic heterocycles. The van der Waals surface area contributed by atoms with Gasteiger partial charge in [-0.3, -0.25) is 0 Å². The van der Waals surface area contributed by atoms with Gasteiger partial charge in [0.2, 0.25) is 0 Å². The molecule has 1 heterocycles. The minimum absolute atomic E-state index is 0.0391. The second-order valence-electron chi connectivity index (χ2n) is 3.09. The Labute approximate surface area is 84.0 Å². The van der Waals surface area contributed by atoms with Crippen LogP contribution in [0.25, 0.3) is 0 Å². The van der Waals surface area contributed by atoms with Crippen LogP contribution in [0.1, 0.15) is 26.1 Å². The van der Waals surface area contributed by atoms with E-state index in [9.17, 15) is 8.42 Å². The van der Waals surface area contributed by atoms with Gasteiger partial charge >= 0.3 is 0 Å². The van der Waals surface area contributed by atoms with E-state index in [0.717, 1.165) is 18.8 Å². The fourth-order valence-electron chi connectivity index (χ4n) is 1.28. The summed E-state index contributed by atoms with van der Waals surface area (Å²) in [6, 6.07) is 0. The lowest BCUT2D eigenvalue weighted by Crippen LogP contribution is -2.12. The third kappa shape index (κ3) is 2.33. The number of hydrogen-bond acceptors (Lipinski definition) is 3. The van der Waals surface area contributed by atoms with Crippen LogP contribution in [0, 0.1) is 0 Å². The van der Waals surface area contributed by atoms with Gasteiger partial charge in [-0.05, 0) is 6.42 Å². The summed E-state index contributed by atoms with van der Waals surface area (Å²) in [5.74, 6) is 0.760. The van der Waals surface area contributed by atoms with E-state index < -0.39 is 10.0 Å². The predicted octanol–water partition coefficient (Wildman–Crippen LogP) is 0.503. The normalized spacial score (nSPS) is 11.9. The lowest BCUT2D eigenvalue weighted by Gasteiger charge is -2.01. The maximum atomic E-state index is 11.0. The first kappa shape index (κ1) is 11.2. The van der Waals surface area contributed by atoms with Gasteiger partial charge in [-0.25, -0.2) is 18.5 Å². The van der Waals surface area contributed by atoms with Gasteiger partial charge in [0.05, 0.1) is 0 Å². The predicted molar refractivity (Wildman–Crippen MR) is 53.3 cm³/mol. The Morgan fingerprint density at radius 1 is 1.50 bits per heavy atom. The molecule has 0 spiro atoms. The van der Waals surface area contributed by atoms with Crippen LogP contribution in [0.15, 0.2) is 11.2 Å². The van der Waals surface area contributed by atoms with Crippen LogP contribution in [-0.4, -0.2) is 18.0 Å². The zero-order valence-electron chi connectivity index (χ0n) is 8.40. The molecule has 0 unspecified atom stereocenters. The fourth-order valence-corrected chi connectivity index (χ4v) is 1.79. The van der Waals surface area contributed by atoms with E-state index in [2.05, 4.69) is 4.98 Å². The number of nitrogens with two attached hydrogens (primary N) is 1. The van der Waals surface area contributed by atoms with Crippen molar-refractivity contribution in [2.45, 2.75) is 38.3 Å². The first-order chi connectivity index (χ1) is 6.49. The number of sulfonamides is 1. The number of nitrogens with zero attached hydrogens (tertiary/aromatic N) is 2. The van der Waals surface area contributed by atoms with Crippen LogP contribution in [-0.2, 0) is 23.0 Å². The molecule has 1 rings (SSSR count). The zero-order valence-corrected chi connectivity index (χ0v) is 9.21. The molecule has 2 N–H and O–H groups in total. The Morgan fingerprint density at radius 3 is 2.57 bits per heavy atom. The molecule has 0 radical (unpaired) electrons. The Kier molecular flexibility index (Phi) is 3.28. The summed E-state index contributed by atoms with van der Waals surface area (Å²) in [7, 11) is -3.66. The zero-order chi connectivity index (χ0) is 10.8. The second kappa shape index (κ2) is 4.10. The van der Waals surface area contributed by atoms with Gasteiger partial charge in [-0.15, -0.1) is 0 Å². The molecule has 0 aliphatic heterocycles. The molecule has 0 fully saturated rings. The number of aryl methyl sites for hydroxylation is 2. The van der Waals surface area contributed by atoms with Gasteiger partial charge in [0.25, 0.3) is 10.0 Å². The van der Waals surface area contributed by atoms with Gasteiger partial charge < -0.3 is 4.57 Å². The molecule has 0 aliphatic carbocycles. The molecular formula is C8H15N3O2S. The molecule has 0 aromatic carbocycles. The van der Waals surface area contributed by atoms with E-state index >= 15 is 0 Å². The molecule has 14 heavy (non-hydrogen) atoms. The van der Waals surface area contributed by atoms with Gasteiger partial charge in [0.15, 0.2) is 5.03 Å². The third-order valence-corrected chi connectivity index (χ3v) is 2.69. The van der Waals surface area contributed by atoms with Crippen molar-refractivity contribution in [2.75, 3.05) is 0 Å². The molecule has 0 bridgehead atoms. The lowest BCUT2D eigenvalue weighted by molar-refractivity contribution is 0.594. The van der Waals surface area contributed by atoms with Crippen molar-refractivity contribution >= 4 is 10.0 Å². The highest BCUT2D eigenvalue weighted by atomic mass is 32.2. The Bertz CT molecular complexity index is 408. The molecule has 0 aliphatic rings. The Morgan fingerprint density at radius 2 is 2.14 bits per heavy atom. The van der Waals surface area contributed by atoms with E-state index in [1.807, 2.05) is 18.4 Å². The van der Waals surface area contributed by atoms with Gasteiger partial charge in [-0.2, -0.15) is 0 Å². The quantitative estimate of drug-likeness (QED) is 0.797. The molecule has 0 amide bonds. The Balaban J connectivity index is 3.13. The van der Waals surface area contributed by atoms with E-state index in [-0.39, 0.29) is 5.03 Å². The van der Waals surface area contributed by atoms with Crippen LogP contribution in [0.2, 0.25) is 0 Å². The maximum Gasteiger partial charge on any atom is 0.257 e. The smallest absolute Gasteiger partial charge is 0.257 e. The number of aromatic nitrogens is 2. The monoisotopic (exact) mass is 217 g/mol. The molecule has 6 heteroatoms. The highest BCUT2D eigenvalue weighted by Gasteiger charge is 2.14. The number of imidazole rings is 1. The van der Waals surface area contributed by atoms with E-state index in [4.69, 9.17) is 5.14 Å². The van der Waals surface area contributed by atoms with Crippen molar-refractivity contribution in [1.82, 2.24) is 9.55 Å². The molecule has 5 nitrogen and oxygen atoms in total. The molecule has 0 saturated heterocycles. The van der Waals surface area contributed by atoms with Crippen molar-refractivity contribution in [3.63, 3.8) is 0 Å². The van der Waals surface area contributed by atoms with Crippen molar-refractivity contribution in [2.24, 2.45) is 5.14 Å². The summed E-state index contributed by atoms with van der Waals surface area (Å²) in [5, 5.41) is 4.95. The van der Waals surface area contributed by atoms with Crippen LogP contribution < -0.4 is 5.14 Å². The minimum Gasteiger partial charge on any atom is -0.334 e. The molecular weight excluding hydrogens is 202 g/mol. The van der Waals surface area contributed by atoms with Crippen molar-refractivity contribution < 1.29 is 8.42 Å². The van der Waals surface area contributed by atoms with Gasteiger partial charge in [0.1, 0.15) is 5.82 Å². The Hall–Kier alpha value is -0.880. The first-order valence-electron chi connectivity index (χ1n) is 4.57. The average Bonchev–Trinajstić information content (AvgIpc) is 2.47. The van der Waals surface area contributed by atoms with Crippen LogP contribution in [0.4, 0.5) is 0 Å². The summed E-state index contributed by atoms with van der Waals surface area (Å²) in [6.45, 7) is 4.73. The molecule has 0 saturated carbocycles. The summed E-state index contributed by atoms with van der Waals surface area (Å²) < 4.78 is 23.9. The van der Waals surface area contributed by atoms with Crippen LogP contribution >= 0.6 is 0 Å². The van der Waals surface area contributed by atoms with Crippen molar-refractivity contribution in [3.05, 3.63) is 12.0 Å². The number of rotatable bonds is 4. The average molecular weight is 217 g/mol. The second-order valence-corrected chi connectivity index (χ2v) is 4.60. The maximum absolute atomic E-state index is 11.0. The number of hydrogen-bond donors (Lipinski definition) is 1. The standard InChI is InChI=1S/C8H15N3O2S/c1-3-5-11-6-8(14(9,12)13)10-7(11)4-2/h6H,3-5H2,1-2H3,(H2,9,12,13). The summed E-state index contributed by atoms with van der Waals surface area (Å²) >= 11 is 0. The lowest BCUT2D eigenvalue weighted by atomic mass is 10.4. The topological polar surface area (TPSA) is 78.0 Å². The highest BCUT2D eigenvalue weighted by molar-refractivity contribution is 7.89. The third-order valence-electron chi connectivity index (χ3n) is 1.91. The highest BCUT2D eigenvalue weighted by Crippen LogP contribution is 2.09. The van der Waals surface area contributed by atoms with E-state index in [1.54, 1.807) is 0 Å². The van der Waals surface area contributed by atoms with Crippen LogP contribution in [0.3, 0.4) is 0 Å². The first-order valence-corrected chi connectivity index (χ1v) is 6.12. The summed E-state index contributed by atoms with van der Waals surface area (Å²) in [4.78, 5) is 3.97. The van der Waals surface area contributed by atoms with Crippen molar-refractivity contribution in [1.29, 1.82) is 0 Å². The summed E-state index contributed by atoms with van der Waals surface area (Å²) in [5.41, 5.74) is 0. The van der Waals surface area contributed by atoms with E-state index in [1.165, 1.54) is 6.20 Å². The van der Waals surface area contributed by atoms with Gasteiger partial charge in [-0.1, -0.05) is 13.8 Å². The minimum atomic E-state index is -3.66. The fraction of sp³-hybridized carbons (Fsp3) is 0.625. The molecule has 1 aromatic rings. The van der Waals surface area contributed by atoms with E-state index in [0.29, 0.717) is 6.42 Å². The largest absolute Gasteiger partial charge is 0.334 e. The van der Waals surface area contributed by atoms with Gasteiger partial charge in [0, 0.05) is 19.2 Å². The van der Waals surface area contributed by atoms with Crippen molar-refractivity contribution in [3.8, 4) is 0 Å². The molecule has 0 atom stereocenters.